The van der Waals surface area contributed by atoms with E-state index in [4.69, 9.17) is 25.5 Å². The molecule has 198 valence electrons. The van der Waals surface area contributed by atoms with E-state index in [1.807, 2.05) is 38.1 Å². The zero-order chi connectivity index (χ0) is 26.4. The number of halogens is 1. The minimum atomic E-state index is -0.531. The molecule has 3 aromatic rings. The van der Waals surface area contributed by atoms with E-state index in [1.165, 1.54) is 0 Å². The summed E-state index contributed by atoms with van der Waals surface area (Å²) in [6.45, 7) is 7.70. The number of carbonyl (C=O) groups excluding carboxylic acids is 1. The topological polar surface area (TPSA) is 97.1 Å². The number of nitrogens with zero attached hydrogens (tertiary/aromatic N) is 2. The normalized spacial score (nSPS) is 15.0. The number of hydrogen-bond acceptors (Lipinski definition) is 7. The molecule has 1 amide bonds. The molecule has 1 aliphatic rings. The predicted octanol–water partition coefficient (Wildman–Crippen LogP) is 5.48. The first kappa shape index (κ1) is 27.0. The van der Waals surface area contributed by atoms with E-state index >= 15 is 0 Å². The Morgan fingerprint density at radius 2 is 1.92 bits per heavy atom. The Hall–Kier alpha value is -3.07. The molecule has 0 unspecified atom stereocenters. The summed E-state index contributed by atoms with van der Waals surface area (Å²) in [5.41, 5.74) is 1.90. The number of furan rings is 1. The number of piperidine rings is 1. The van der Waals surface area contributed by atoms with Gasteiger partial charge in [0.05, 0.1) is 11.6 Å². The summed E-state index contributed by atoms with van der Waals surface area (Å²) < 4.78 is 17.2. The van der Waals surface area contributed by atoms with Crippen molar-refractivity contribution in [2.45, 2.75) is 38.2 Å². The third-order valence-corrected chi connectivity index (χ3v) is 7.01. The van der Waals surface area contributed by atoms with Crippen molar-refractivity contribution < 1.29 is 23.8 Å². The summed E-state index contributed by atoms with van der Waals surface area (Å²) in [6, 6.07) is 10.8. The molecule has 1 saturated heterocycles. The molecular weight excluding hydrogens is 494 g/mol. The molecule has 2 N–H and O–H groups in total. The molecule has 1 aliphatic heterocycles. The van der Waals surface area contributed by atoms with Crippen LogP contribution in [0.5, 0.6) is 5.75 Å². The van der Waals surface area contributed by atoms with E-state index < -0.39 is 11.5 Å². The molecule has 0 spiro atoms. The molecule has 8 nitrogen and oxygen atoms in total. The van der Waals surface area contributed by atoms with Crippen molar-refractivity contribution >= 4 is 17.7 Å². The first-order chi connectivity index (χ1) is 17.8. The minimum Gasteiger partial charge on any atom is -0.506 e. The fourth-order valence-electron chi connectivity index (χ4n) is 4.38. The predicted molar refractivity (Wildman–Crippen MR) is 143 cm³/mol. The fraction of sp³-hybridized carbons (Fsp3) is 0.429. The second kappa shape index (κ2) is 12.0. The van der Waals surface area contributed by atoms with Crippen molar-refractivity contribution in [3.05, 3.63) is 59.6 Å². The van der Waals surface area contributed by atoms with Gasteiger partial charge in [0, 0.05) is 62.2 Å². The highest BCUT2D eigenvalue weighted by molar-refractivity contribution is 6.32. The Bertz CT molecular complexity index is 1190. The van der Waals surface area contributed by atoms with Gasteiger partial charge < -0.3 is 29.2 Å². The maximum absolute atomic E-state index is 12.6. The number of rotatable bonds is 9. The van der Waals surface area contributed by atoms with E-state index in [9.17, 15) is 9.90 Å². The molecule has 3 heterocycles. The lowest BCUT2D eigenvalue weighted by atomic mass is 9.89. The van der Waals surface area contributed by atoms with Gasteiger partial charge in [-0.15, -0.1) is 0 Å². The molecule has 0 bridgehead atoms. The lowest BCUT2D eigenvalue weighted by molar-refractivity contribution is 0.0422. The van der Waals surface area contributed by atoms with Crippen LogP contribution in [-0.2, 0) is 14.9 Å². The number of nitrogens with one attached hydrogen (secondary N) is 1. The van der Waals surface area contributed by atoms with Gasteiger partial charge in [0.15, 0.2) is 0 Å². The van der Waals surface area contributed by atoms with E-state index in [0.717, 1.165) is 49.2 Å². The number of benzene rings is 1. The maximum atomic E-state index is 12.6. The number of aromatic nitrogens is 1. The zero-order valence-corrected chi connectivity index (χ0v) is 22.3. The van der Waals surface area contributed by atoms with Crippen molar-refractivity contribution in [1.29, 1.82) is 0 Å². The molecule has 0 atom stereocenters. The molecule has 2 aromatic heterocycles. The summed E-state index contributed by atoms with van der Waals surface area (Å²) >= 11 is 6.03. The van der Waals surface area contributed by atoms with Crippen molar-refractivity contribution in [3.8, 4) is 28.2 Å². The Morgan fingerprint density at radius 3 is 2.59 bits per heavy atom. The largest absolute Gasteiger partial charge is 0.506 e. The highest BCUT2D eigenvalue weighted by Gasteiger charge is 2.29. The lowest BCUT2D eigenvalue weighted by Gasteiger charge is -2.31. The number of methoxy groups -OCH3 is 1. The Balaban J connectivity index is 1.45. The van der Waals surface area contributed by atoms with Crippen LogP contribution in [0.4, 0.5) is 4.79 Å². The number of alkyl carbamates (subject to hydrolysis) is 1. The molecular formula is C28H34ClN3O5. The molecule has 0 saturated carbocycles. The van der Waals surface area contributed by atoms with Gasteiger partial charge in [-0.2, -0.15) is 0 Å². The SMILES string of the molecule is COCCN1CCC(OC(=O)NCC(C)(C)c2cc(-c3ccc(Cl)c(O)c3)c(-c3ccncc3)o2)CC1. The second-order valence-corrected chi connectivity index (χ2v) is 10.3. The summed E-state index contributed by atoms with van der Waals surface area (Å²) in [5.74, 6) is 1.33. The molecule has 0 radical (unpaired) electrons. The molecule has 1 aromatic carbocycles. The van der Waals surface area contributed by atoms with Crippen LogP contribution in [0.15, 0.2) is 53.2 Å². The summed E-state index contributed by atoms with van der Waals surface area (Å²) in [7, 11) is 1.70. The molecule has 1 fully saturated rings. The second-order valence-electron chi connectivity index (χ2n) is 9.93. The van der Waals surface area contributed by atoms with Gasteiger partial charge in [-0.25, -0.2) is 4.79 Å². The molecule has 0 aliphatic carbocycles. The Morgan fingerprint density at radius 1 is 1.19 bits per heavy atom. The molecule has 4 rings (SSSR count). The van der Waals surface area contributed by atoms with Crippen LogP contribution in [0.25, 0.3) is 22.5 Å². The third kappa shape index (κ3) is 6.83. The van der Waals surface area contributed by atoms with E-state index in [0.29, 0.717) is 24.7 Å². The Kier molecular flexibility index (Phi) is 8.74. The number of carbonyl (C=O) groups is 1. The number of phenolic OH excluding ortho intramolecular Hbond substituents is 1. The molecule has 37 heavy (non-hydrogen) atoms. The van der Waals surface area contributed by atoms with Crippen LogP contribution < -0.4 is 5.32 Å². The number of aromatic hydroxyl groups is 1. The van der Waals surface area contributed by atoms with Gasteiger partial charge >= 0.3 is 6.09 Å². The number of ether oxygens (including phenoxy) is 2. The quantitative estimate of drug-likeness (QED) is 0.380. The number of hydrogen-bond donors (Lipinski definition) is 2. The first-order valence-electron chi connectivity index (χ1n) is 12.5. The minimum absolute atomic E-state index is 0.00389. The van der Waals surface area contributed by atoms with Gasteiger partial charge in [0.2, 0.25) is 0 Å². The number of likely N-dealkylation sites (tertiary alicyclic amines) is 1. The van der Waals surface area contributed by atoms with Gasteiger partial charge in [-0.3, -0.25) is 4.98 Å². The fourth-order valence-corrected chi connectivity index (χ4v) is 4.50. The van der Waals surface area contributed by atoms with Crippen molar-refractivity contribution in [2.75, 3.05) is 39.9 Å². The van der Waals surface area contributed by atoms with Crippen LogP contribution in [0.3, 0.4) is 0 Å². The third-order valence-electron chi connectivity index (χ3n) is 6.69. The lowest BCUT2D eigenvalue weighted by Crippen LogP contribution is -2.42. The van der Waals surface area contributed by atoms with Gasteiger partial charge in [0.1, 0.15) is 23.4 Å². The van der Waals surface area contributed by atoms with Crippen LogP contribution in [0, 0.1) is 0 Å². The standard InChI is InChI=1S/C28H34ClN3O5/c1-28(2,18-31-27(34)36-21-8-12-32(13-9-21)14-15-35-3)25-17-22(20-4-5-23(29)24(33)16-20)26(37-25)19-6-10-30-11-7-19/h4-7,10-11,16-17,21,33H,8-9,12-15,18H2,1-3H3,(H,31,34). The van der Waals surface area contributed by atoms with Crippen LogP contribution >= 0.6 is 11.6 Å². The van der Waals surface area contributed by atoms with Crippen molar-refractivity contribution in [2.24, 2.45) is 0 Å². The molecule has 9 heteroatoms. The van der Waals surface area contributed by atoms with Crippen LogP contribution in [-0.4, -0.2) is 67.1 Å². The van der Waals surface area contributed by atoms with E-state index in [1.54, 1.807) is 31.6 Å². The number of pyridine rings is 1. The highest BCUT2D eigenvalue weighted by Crippen LogP contribution is 2.40. The van der Waals surface area contributed by atoms with Gasteiger partial charge in [-0.05, 0) is 48.7 Å². The monoisotopic (exact) mass is 527 g/mol. The van der Waals surface area contributed by atoms with E-state index in [-0.39, 0.29) is 16.9 Å². The maximum Gasteiger partial charge on any atom is 0.407 e. The van der Waals surface area contributed by atoms with Crippen LogP contribution in [0.1, 0.15) is 32.4 Å². The average molecular weight is 528 g/mol. The highest BCUT2D eigenvalue weighted by atomic mass is 35.5. The number of amides is 1. The Labute approximate surface area is 222 Å². The van der Waals surface area contributed by atoms with Crippen molar-refractivity contribution in [1.82, 2.24) is 15.2 Å². The average Bonchev–Trinajstić information content (AvgIpc) is 3.36. The smallest absolute Gasteiger partial charge is 0.407 e. The first-order valence-corrected chi connectivity index (χ1v) is 12.8. The summed E-state index contributed by atoms with van der Waals surface area (Å²) in [5, 5.41) is 13.4. The number of phenols is 1. The van der Waals surface area contributed by atoms with E-state index in [2.05, 4.69) is 15.2 Å². The summed E-state index contributed by atoms with van der Waals surface area (Å²) in [6.07, 6.45) is 4.51. The van der Waals surface area contributed by atoms with Gasteiger partial charge in [-0.1, -0.05) is 31.5 Å². The van der Waals surface area contributed by atoms with Gasteiger partial charge in [0.25, 0.3) is 0 Å². The zero-order valence-electron chi connectivity index (χ0n) is 21.5. The van der Waals surface area contributed by atoms with Crippen LogP contribution in [0.2, 0.25) is 5.02 Å². The van der Waals surface area contributed by atoms with Crippen molar-refractivity contribution in [3.63, 3.8) is 0 Å². The summed E-state index contributed by atoms with van der Waals surface area (Å²) in [4.78, 5) is 19.0.